The smallest absolute Gasteiger partial charge is 0.410 e. The molecule has 0 saturated carbocycles. The van der Waals surface area contributed by atoms with Crippen LogP contribution in [0.3, 0.4) is 0 Å². The molecule has 3 heterocycles. The van der Waals surface area contributed by atoms with Crippen molar-refractivity contribution in [1.29, 1.82) is 0 Å². The number of hydrogen-bond donors (Lipinski definition) is 2. The van der Waals surface area contributed by atoms with E-state index in [1.807, 2.05) is 4.72 Å². The first kappa shape index (κ1) is 34.8. The minimum absolute atomic E-state index is 0.0400. The van der Waals surface area contributed by atoms with Crippen molar-refractivity contribution < 1.29 is 35.5 Å². The Bertz CT molecular complexity index is 1750. The van der Waals surface area contributed by atoms with Crippen LogP contribution in [0.5, 0.6) is 0 Å². The number of ether oxygens (including phenoxy) is 1. The van der Waals surface area contributed by atoms with Crippen molar-refractivity contribution >= 4 is 38.9 Å². The summed E-state index contributed by atoms with van der Waals surface area (Å²) in [5.74, 6) is -2.24. The number of amides is 1. The van der Waals surface area contributed by atoms with E-state index < -0.39 is 82.1 Å². The van der Waals surface area contributed by atoms with Crippen molar-refractivity contribution in [2.45, 2.75) is 71.6 Å². The van der Waals surface area contributed by atoms with E-state index in [9.17, 15) is 35.6 Å². The first-order valence-electron chi connectivity index (χ1n) is 14.6. The van der Waals surface area contributed by atoms with Crippen LogP contribution in [0.25, 0.3) is 22.4 Å². The van der Waals surface area contributed by atoms with E-state index >= 15 is 0 Å². The molecule has 17 heteroatoms. The molecule has 1 amide bonds. The standard InChI is InChI=1S/C29H37F4N7O5S/c1-16(2)40-25-22(13-34-27(37-25)35-19-10-17(12-30)14-39(15-19)28(42)45-29(3,4)5)36-24(26(40)41)18-6-7-21(20(31)11-18)38-46(43,44)9-8-23(32)33/h6-7,11,13,16-17,19,23,38H,8-10,12,14-15H2,1-5H3,(H,34,35,37)/t17-,19-/m0/s1. The summed E-state index contributed by atoms with van der Waals surface area (Å²) in [5.41, 5.74) is -1.53. The highest BCUT2D eigenvalue weighted by Gasteiger charge is 2.33. The molecule has 1 aromatic carbocycles. The predicted molar refractivity (Wildman–Crippen MR) is 165 cm³/mol. The highest BCUT2D eigenvalue weighted by molar-refractivity contribution is 7.92. The number of halogens is 4. The van der Waals surface area contributed by atoms with Gasteiger partial charge in [-0.2, -0.15) is 4.98 Å². The summed E-state index contributed by atoms with van der Waals surface area (Å²) in [6.07, 6.45) is -2.54. The quantitative estimate of drug-likeness (QED) is 0.285. The van der Waals surface area contributed by atoms with E-state index in [-0.39, 0.29) is 41.5 Å². The number of rotatable bonds is 10. The van der Waals surface area contributed by atoms with Gasteiger partial charge in [0.15, 0.2) is 5.65 Å². The molecule has 12 nitrogen and oxygen atoms in total. The molecule has 1 fully saturated rings. The zero-order valence-electron chi connectivity index (χ0n) is 26.1. The largest absolute Gasteiger partial charge is 0.444 e. The number of carbonyl (C=O) groups excluding carboxylic acids is 1. The number of aromatic nitrogens is 4. The molecule has 0 bridgehead atoms. The SMILES string of the molecule is CC(C)n1c(=O)c(-c2ccc(NS(=O)(=O)CCC(F)F)c(F)c2)nc2cnc(N[C@H]3C[C@@H](CF)CN(C(=O)OC(C)(C)C)C3)nc21. The van der Waals surface area contributed by atoms with Crippen molar-refractivity contribution in [3.8, 4) is 11.3 Å². The number of alkyl halides is 3. The summed E-state index contributed by atoms with van der Waals surface area (Å²) in [6, 6.07) is 2.43. The topological polar surface area (TPSA) is 148 Å². The number of nitrogens with zero attached hydrogens (tertiary/aromatic N) is 5. The number of nitrogens with one attached hydrogen (secondary N) is 2. The van der Waals surface area contributed by atoms with Gasteiger partial charge < -0.3 is 15.0 Å². The summed E-state index contributed by atoms with van der Waals surface area (Å²) in [6.45, 7) is 8.48. The summed E-state index contributed by atoms with van der Waals surface area (Å²) in [4.78, 5) is 41.0. The lowest BCUT2D eigenvalue weighted by atomic mass is 9.95. The average molecular weight is 672 g/mol. The van der Waals surface area contributed by atoms with Gasteiger partial charge >= 0.3 is 6.09 Å². The van der Waals surface area contributed by atoms with Gasteiger partial charge in [-0.15, -0.1) is 0 Å². The van der Waals surface area contributed by atoms with E-state index in [0.29, 0.717) is 6.42 Å². The molecule has 0 spiro atoms. The molecule has 2 aromatic heterocycles. The van der Waals surface area contributed by atoms with Gasteiger partial charge in [-0.05, 0) is 53.2 Å². The average Bonchev–Trinajstić information content (AvgIpc) is 2.95. The Labute approximate surface area is 263 Å². The number of benzene rings is 1. The summed E-state index contributed by atoms with van der Waals surface area (Å²) in [5, 5.41) is 3.14. The predicted octanol–water partition coefficient (Wildman–Crippen LogP) is 4.98. The third-order valence-corrected chi connectivity index (χ3v) is 8.31. The van der Waals surface area contributed by atoms with Crippen LogP contribution in [0, 0.1) is 11.7 Å². The Kier molecular flexibility index (Phi) is 10.4. The maximum absolute atomic E-state index is 15.0. The van der Waals surface area contributed by atoms with Gasteiger partial charge in [-0.1, -0.05) is 6.07 Å². The van der Waals surface area contributed by atoms with E-state index in [1.54, 1.807) is 34.6 Å². The minimum Gasteiger partial charge on any atom is -0.444 e. The third kappa shape index (κ3) is 8.61. The zero-order chi connectivity index (χ0) is 34.0. The van der Waals surface area contributed by atoms with E-state index in [4.69, 9.17) is 4.74 Å². The fourth-order valence-electron chi connectivity index (χ4n) is 5.02. The Morgan fingerprint density at radius 2 is 1.89 bits per heavy atom. The van der Waals surface area contributed by atoms with Crippen LogP contribution in [0.1, 0.15) is 53.5 Å². The van der Waals surface area contributed by atoms with Crippen LogP contribution in [0.4, 0.5) is 34.0 Å². The number of anilines is 2. The fraction of sp³-hybridized carbons (Fsp3) is 0.552. The van der Waals surface area contributed by atoms with Gasteiger partial charge in [-0.25, -0.2) is 36.4 Å². The highest BCUT2D eigenvalue weighted by Crippen LogP contribution is 2.26. The Morgan fingerprint density at radius 3 is 2.50 bits per heavy atom. The molecule has 1 aliphatic rings. The molecule has 4 rings (SSSR count). The number of piperidine rings is 1. The first-order chi connectivity index (χ1) is 21.5. The summed E-state index contributed by atoms with van der Waals surface area (Å²) in [7, 11) is -4.24. The summed E-state index contributed by atoms with van der Waals surface area (Å²) >= 11 is 0. The van der Waals surface area contributed by atoms with Gasteiger partial charge in [-0.3, -0.25) is 18.5 Å². The first-order valence-corrected chi connectivity index (χ1v) is 16.3. The second-order valence-electron chi connectivity index (χ2n) is 12.4. The maximum atomic E-state index is 15.0. The summed E-state index contributed by atoms with van der Waals surface area (Å²) < 4.78 is 86.5. The molecule has 1 aliphatic heterocycles. The molecule has 46 heavy (non-hydrogen) atoms. The lowest BCUT2D eigenvalue weighted by Crippen LogP contribution is -2.50. The monoisotopic (exact) mass is 671 g/mol. The zero-order valence-corrected chi connectivity index (χ0v) is 26.9. The number of sulfonamides is 1. The van der Waals surface area contributed by atoms with Crippen LogP contribution in [0.2, 0.25) is 0 Å². The molecule has 0 radical (unpaired) electrons. The third-order valence-electron chi connectivity index (χ3n) is 7.00. The van der Waals surface area contributed by atoms with E-state index in [2.05, 4.69) is 20.3 Å². The molecule has 0 unspecified atom stereocenters. The molecule has 252 valence electrons. The van der Waals surface area contributed by atoms with Crippen LogP contribution < -0.4 is 15.6 Å². The highest BCUT2D eigenvalue weighted by atomic mass is 32.2. The van der Waals surface area contributed by atoms with Crippen LogP contribution in [-0.2, 0) is 14.8 Å². The van der Waals surface area contributed by atoms with E-state index in [0.717, 1.165) is 12.1 Å². The van der Waals surface area contributed by atoms with Crippen molar-refractivity contribution in [2.75, 3.05) is 35.6 Å². The number of hydrogen-bond acceptors (Lipinski definition) is 9. The van der Waals surface area contributed by atoms with Crippen molar-refractivity contribution in [3.05, 3.63) is 40.6 Å². The second kappa shape index (κ2) is 13.8. The van der Waals surface area contributed by atoms with Crippen LogP contribution >= 0.6 is 0 Å². The lowest BCUT2D eigenvalue weighted by molar-refractivity contribution is 0.0139. The normalized spacial score (nSPS) is 17.5. The van der Waals surface area contributed by atoms with Gasteiger partial charge in [0.25, 0.3) is 5.56 Å². The van der Waals surface area contributed by atoms with Gasteiger partial charge in [0.2, 0.25) is 22.4 Å². The van der Waals surface area contributed by atoms with Gasteiger partial charge in [0.1, 0.15) is 22.6 Å². The Hall–Kier alpha value is -4.02. The Balaban J connectivity index is 1.63. The fourth-order valence-corrected chi connectivity index (χ4v) is 6.12. The van der Waals surface area contributed by atoms with Gasteiger partial charge in [0.05, 0.1) is 24.3 Å². The maximum Gasteiger partial charge on any atom is 0.410 e. The molecular weight excluding hydrogens is 634 g/mol. The van der Waals surface area contributed by atoms with Crippen LogP contribution in [0.15, 0.2) is 29.2 Å². The second-order valence-corrected chi connectivity index (χ2v) is 14.3. The lowest BCUT2D eigenvalue weighted by Gasteiger charge is -2.37. The molecular formula is C29H37F4N7O5S. The van der Waals surface area contributed by atoms with Crippen molar-refractivity contribution in [1.82, 2.24) is 24.4 Å². The molecule has 2 N–H and O–H groups in total. The number of fused-ring (bicyclic) bond motifs is 1. The van der Waals surface area contributed by atoms with Crippen molar-refractivity contribution in [3.63, 3.8) is 0 Å². The molecule has 0 aliphatic carbocycles. The molecule has 2 atom stereocenters. The van der Waals surface area contributed by atoms with E-state index in [1.165, 1.54) is 21.7 Å². The Morgan fingerprint density at radius 1 is 1.17 bits per heavy atom. The number of likely N-dealkylation sites (tertiary alicyclic amines) is 1. The van der Waals surface area contributed by atoms with Crippen molar-refractivity contribution in [2.24, 2.45) is 5.92 Å². The molecule has 3 aromatic rings. The minimum atomic E-state index is -4.24. The molecule has 1 saturated heterocycles. The van der Waals surface area contributed by atoms with Gasteiger partial charge in [0, 0.05) is 43.1 Å². The van der Waals surface area contributed by atoms with Crippen LogP contribution in [-0.4, -0.2) is 82.5 Å². The number of carbonyl (C=O) groups is 1.